The maximum absolute atomic E-state index is 5.54. The van der Waals surface area contributed by atoms with Gasteiger partial charge in [-0.25, -0.2) is 0 Å². The second-order valence-corrected chi connectivity index (χ2v) is 5.20. The van der Waals surface area contributed by atoms with Crippen molar-refractivity contribution in [3.8, 4) is 5.75 Å². The van der Waals surface area contributed by atoms with E-state index in [2.05, 4.69) is 26.1 Å². The van der Waals surface area contributed by atoms with Gasteiger partial charge in [-0.15, -0.1) is 10.2 Å². The van der Waals surface area contributed by atoms with E-state index < -0.39 is 0 Å². The van der Waals surface area contributed by atoms with Gasteiger partial charge in [0.05, 0.1) is 6.61 Å². The molecule has 0 aliphatic heterocycles. The van der Waals surface area contributed by atoms with Gasteiger partial charge in [-0.05, 0) is 28.1 Å². The Bertz CT molecular complexity index is 418. The van der Waals surface area contributed by atoms with E-state index in [1.807, 2.05) is 30.3 Å². The van der Waals surface area contributed by atoms with E-state index in [1.54, 1.807) is 0 Å². The number of nitrogens with zero attached hydrogens (tertiary/aromatic N) is 2. The average molecular weight is 285 g/mol. The predicted octanol–water partition coefficient (Wildman–Crippen LogP) is 2.92. The zero-order valence-corrected chi connectivity index (χ0v) is 10.3. The maximum atomic E-state index is 5.54. The molecule has 0 saturated heterocycles. The number of hydrogen-bond donors (Lipinski definition) is 0. The summed E-state index contributed by atoms with van der Waals surface area (Å²) in [5, 5.41) is 8.84. The van der Waals surface area contributed by atoms with Gasteiger partial charge in [0.15, 0.2) is 3.92 Å². The van der Waals surface area contributed by atoms with E-state index >= 15 is 0 Å². The number of hydrogen-bond acceptors (Lipinski definition) is 4. The van der Waals surface area contributed by atoms with Gasteiger partial charge in [0.1, 0.15) is 10.8 Å². The van der Waals surface area contributed by atoms with E-state index in [1.165, 1.54) is 11.3 Å². The van der Waals surface area contributed by atoms with Gasteiger partial charge < -0.3 is 4.74 Å². The molecule has 0 atom stereocenters. The number of ether oxygens (including phenoxy) is 1. The largest absolute Gasteiger partial charge is 0.493 e. The molecular weight excluding hydrogens is 276 g/mol. The van der Waals surface area contributed by atoms with Crippen LogP contribution in [0.2, 0.25) is 0 Å². The number of halogens is 1. The highest BCUT2D eigenvalue weighted by molar-refractivity contribution is 9.11. The third-order valence-corrected chi connectivity index (χ3v) is 3.19. The molecule has 1 aromatic heterocycles. The first kappa shape index (κ1) is 10.6. The normalized spacial score (nSPS) is 10.2. The van der Waals surface area contributed by atoms with Crippen molar-refractivity contribution in [1.29, 1.82) is 0 Å². The van der Waals surface area contributed by atoms with E-state index in [-0.39, 0.29) is 0 Å². The molecule has 15 heavy (non-hydrogen) atoms. The van der Waals surface area contributed by atoms with Crippen molar-refractivity contribution in [2.45, 2.75) is 6.42 Å². The predicted molar refractivity (Wildman–Crippen MR) is 63.3 cm³/mol. The fourth-order valence-electron chi connectivity index (χ4n) is 1.11. The summed E-state index contributed by atoms with van der Waals surface area (Å²) in [5.41, 5.74) is 0. The van der Waals surface area contributed by atoms with Crippen molar-refractivity contribution in [3.05, 3.63) is 39.3 Å². The van der Waals surface area contributed by atoms with Crippen LogP contribution in [0.5, 0.6) is 5.75 Å². The summed E-state index contributed by atoms with van der Waals surface area (Å²) in [6.07, 6.45) is 0.790. The number of para-hydroxylation sites is 1. The first-order valence-electron chi connectivity index (χ1n) is 4.50. The van der Waals surface area contributed by atoms with Crippen molar-refractivity contribution in [1.82, 2.24) is 10.2 Å². The van der Waals surface area contributed by atoms with Gasteiger partial charge in [0.25, 0.3) is 0 Å². The number of rotatable bonds is 4. The van der Waals surface area contributed by atoms with Crippen LogP contribution >= 0.6 is 27.3 Å². The average Bonchev–Trinajstić information content (AvgIpc) is 2.66. The fourth-order valence-corrected chi connectivity index (χ4v) is 2.29. The molecular formula is C10H9BrN2OS. The Balaban J connectivity index is 1.80. The van der Waals surface area contributed by atoms with E-state index in [9.17, 15) is 0 Å². The van der Waals surface area contributed by atoms with E-state index in [0.29, 0.717) is 6.61 Å². The summed E-state index contributed by atoms with van der Waals surface area (Å²) < 4.78 is 6.36. The molecule has 1 heterocycles. The number of benzene rings is 1. The summed E-state index contributed by atoms with van der Waals surface area (Å²) in [5.74, 6) is 0.890. The van der Waals surface area contributed by atoms with Gasteiger partial charge in [0, 0.05) is 6.42 Å². The summed E-state index contributed by atoms with van der Waals surface area (Å²) in [6.45, 7) is 0.631. The van der Waals surface area contributed by atoms with Crippen LogP contribution in [0, 0.1) is 0 Å². The lowest BCUT2D eigenvalue weighted by molar-refractivity contribution is 0.321. The zero-order valence-electron chi connectivity index (χ0n) is 7.89. The minimum atomic E-state index is 0.631. The topological polar surface area (TPSA) is 35.0 Å². The quantitative estimate of drug-likeness (QED) is 0.866. The third kappa shape index (κ3) is 3.28. The van der Waals surface area contributed by atoms with Crippen LogP contribution < -0.4 is 4.74 Å². The Morgan fingerprint density at radius 1 is 1.20 bits per heavy atom. The molecule has 0 spiro atoms. The molecule has 0 saturated carbocycles. The van der Waals surface area contributed by atoms with E-state index in [4.69, 9.17) is 4.74 Å². The first-order valence-corrected chi connectivity index (χ1v) is 6.11. The first-order chi connectivity index (χ1) is 7.34. The zero-order chi connectivity index (χ0) is 10.5. The van der Waals surface area contributed by atoms with Crippen LogP contribution in [0.4, 0.5) is 0 Å². The molecule has 0 amide bonds. The monoisotopic (exact) mass is 284 g/mol. The van der Waals surface area contributed by atoms with Crippen molar-refractivity contribution in [3.63, 3.8) is 0 Å². The van der Waals surface area contributed by atoms with Crippen LogP contribution in [0.3, 0.4) is 0 Å². The Hall–Kier alpha value is -0.940. The second-order valence-electron chi connectivity index (χ2n) is 2.86. The molecule has 0 aliphatic carbocycles. The SMILES string of the molecule is Brc1nnc(CCOc2ccccc2)s1. The molecule has 5 heteroatoms. The molecule has 1 aromatic carbocycles. The van der Waals surface area contributed by atoms with Gasteiger partial charge >= 0.3 is 0 Å². The minimum Gasteiger partial charge on any atom is -0.493 e. The van der Waals surface area contributed by atoms with Gasteiger partial charge in [0.2, 0.25) is 0 Å². The van der Waals surface area contributed by atoms with Crippen LogP contribution in [-0.4, -0.2) is 16.8 Å². The molecule has 2 aromatic rings. The summed E-state index contributed by atoms with van der Waals surface area (Å²) in [6, 6.07) is 9.76. The van der Waals surface area contributed by atoms with Crippen molar-refractivity contribution < 1.29 is 4.74 Å². The second kappa shape index (κ2) is 5.23. The fraction of sp³-hybridized carbons (Fsp3) is 0.200. The highest BCUT2D eigenvalue weighted by Gasteiger charge is 2.01. The molecule has 0 N–H and O–H groups in total. The van der Waals surface area contributed by atoms with Gasteiger partial charge in [-0.3, -0.25) is 0 Å². The summed E-state index contributed by atoms with van der Waals surface area (Å²) >= 11 is 4.81. The molecule has 0 bridgehead atoms. The lowest BCUT2D eigenvalue weighted by atomic mass is 10.3. The molecule has 0 unspecified atom stereocenters. The Labute approximate surface area is 100 Å². The highest BCUT2D eigenvalue weighted by atomic mass is 79.9. The smallest absolute Gasteiger partial charge is 0.183 e. The van der Waals surface area contributed by atoms with Crippen LogP contribution in [0.25, 0.3) is 0 Å². The standard InChI is InChI=1S/C10H9BrN2OS/c11-10-13-12-9(15-10)6-7-14-8-4-2-1-3-5-8/h1-5H,6-7H2. The summed E-state index contributed by atoms with van der Waals surface area (Å²) in [4.78, 5) is 0. The molecule has 0 aliphatic rings. The van der Waals surface area contributed by atoms with Crippen molar-refractivity contribution in [2.75, 3.05) is 6.61 Å². The number of aromatic nitrogens is 2. The minimum absolute atomic E-state index is 0.631. The molecule has 2 rings (SSSR count). The lowest BCUT2D eigenvalue weighted by Crippen LogP contribution is -2.00. The molecule has 0 radical (unpaired) electrons. The molecule has 0 fully saturated rings. The van der Waals surface area contributed by atoms with Crippen molar-refractivity contribution in [2.24, 2.45) is 0 Å². The Morgan fingerprint density at radius 3 is 2.67 bits per heavy atom. The van der Waals surface area contributed by atoms with E-state index in [0.717, 1.165) is 21.1 Å². The van der Waals surface area contributed by atoms with Crippen LogP contribution in [0.1, 0.15) is 5.01 Å². The molecule has 78 valence electrons. The molecule has 3 nitrogen and oxygen atoms in total. The highest BCUT2D eigenvalue weighted by Crippen LogP contribution is 2.16. The Kier molecular flexibility index (Phi) is 3.69. The van der Waals surface area contributed by atoms with Crippen LogP contribution in [-0.2, 0) is 6.42 Å². The van der Waals surface area contributed by atoms with Crippen LogP contribution in [0.15, 0.2) is 34.2 Å². The lowest BCUT2D eigenvalue weighted by Gasteiger charge is -2.03. The summed E-state index contributed by atoms with van der Waals surface area (Å²) in [7, 11) is 0. The van der Waals surface area contributed by atoms with Crippen molar-refractivity contribution >= 4 is 27.3 Å². The van der Waals surface area contributed by atoms with Gasteiger partial charge in [-0.2, -0.15) is 0 Å². The Morgan fingerprint density at radius 2 is 2.00 bits per heavy atom. The third-order valence-electron chi connectivity index (χ3n) is 1.77. The maximum Gasteiger partial charge on any atom is 0.183 e. The van der Waals surface area contributed by atoms with Gasteiger partial charge in [-0.1, -0.05) is 29.5 Å².